The van der Waals surface area contributed by atoms with Gasteiger partial charge in [0.2, 0.25) is 11.8 Å². The van der Waals surface area contributed by atoms with Gasteiger partial charge < -0.3 is 10.1 Å². The quantitative estimate of drug-likeness (QED) is 0.502. The summed E-state index contributed by atoms with van der Waals surface area (Å²) in [4.78, 5) is 33.0. The molecule has 27 heavy (non-hydrogen) atoms. The number of carbonyl (C=O) groups is 1. The number of carbonyl (C=O) groups excluding carboxylic acids is 1. The van der Waals surface area contributed by atoms with E-state index in [1.165, 1.54) is 0 Å². The number of nitrogens with zero attached hydrogens (tertiary/aromatic N) is 2. The Balaban J connectivity index is 1.95. The molecule has 0 aliphatic carbocycles. The molecule has 0 bridgehead atoms. The van der Waals surface area contributed by atoms with Gasteiger partial charge in [0.25, 0.3) is 5.56 Å². The number of aromatic hydroxyl groups is 1. The van der Waals surface area contributed by atoms with Crippen molar-refractivity contribution in [2.24, 2.45) is 0 Å². The Bertz CT molecular complexity index is 921. The molecule has 0 aliphatic rings. The van der Waals surface area contributed by atoms with E-state index < -0.39 is 10.8 Å². The van der Waals surface area contributed by atoms with Crippen LogP contribution in [0.15, 0.2) is 76.7 Å². The van der Waals surface area contributed by atoms with E-state index in [9.17, 15) is 14.7 Å². The molecule has 1 heterocycles. The van der Waals surface area contributed by atoms with E-state index in [2.05, 4.69) is 9.97 Å². The highest BCUT2D eigenvalue weighted by molar-refractivity contribution is 8.00. The van der Waals surface area contributed by atoms with Gasteiger partial charge in [-0.05, 0) is 30.7 Å². The second-order valence-corrected chi connectivity index (χ2v) is 6.96. The number of rotatable bonds is 6. The average molecular weight is 381 g/mol. The Kier molecular flexibility index (Phi) is 5.93. The average Bonchev–Trinajstić information content (AvgIpc) is 2.67. The second-order valence-electron chi connectivity index (χ2n) is 5.77. The van der Waals surface area contributed by atoms with Crippen molar-refractivity contribution >= 4 is 29.0 Å². The van der Waals surface area contributed by atoms with Crippen molar-refractivity contribution in [1.82, 2.24) is 9.97 Å². The first-order chi connectivity index (χ1) is 13.1. The van der Waals surface area contributed by atoms with Gasteiger partial charge in [0.15, 0.2) is 5.16 Å². The zero-order valence-corrected chi connectivity index (χ0v) is 15.5. The number of para-hydroxylation sites is 2. The molecule has 3 aromatic rings. The third kappa shape index (κ3) is 4.57. The maximum absolute atomic E-state index is 13.4. The number of H-pyrrole nitrogens is 1. The van der Waals surface area contributed by atoms with Crippen molar-refractivity contribution < 1.29 is 9.90 Å². The van der Waals surface area contributed by atoms with Crippen molar-refractivity contribution in [2.75, 3.05) is 4.90 Å². The molecular formula is C20H19N3O3S. The number of hydrogen-bond acceptors (Lipinski definition) is 5. The van der Waals surface area contributed by atoms with Gasteiger partial charge in [-0.2, -0.15) is 4.98 Å². The second kappa shape index (κ2) is 8.55. The van der Waals surface area contributed by atoms with E-state index in [1.807, 2.05) is 67.6 Å². The van der Waals surface area contributed by atoms with Crippen LogP contribution >= 0.6 is 11.8 Å². The van der Waals surface area contributed by atoms with E-state index in [1.54, 1.807) is 4.90 Å². The predicted octanol–water partition coefficient (Wildman–Crippen LogP) is 3.71. The molecular weight excluding hydrogens is 362 g/mol. The number of aromatic amines is 1. The fourth-order valence-corrected chi connectivity index (χ4v) is 3.57. The fraction of sp³-hybridized carbons (Fsp3) is 0.150. The van der Waals surface area contributed by atoms with Crippen molar-refractivity contribution in [3.8, 4) is 5.88 Å². The van der Waals surface area contributed by atoms with Crippen LogP contribution in [-0.4, -0.2) is 26.2 Å². The van der Waals surface area contributed by atoms with Gasteiger partial charge in [0.1, 0.15) is 0 Å². The van der Waals surface area contributed by atoms with Crippen LogP contribution in [-0.2, 0) is 4.79 Å². The van der Waals surface area contributed by atoms with E-state index in [4.69, 9.17) is 0 Å². The molecule has 1 aromatic heterocycles. The van der Waals surface area contributed by atoms with E-state index in [0.29, 0.717) is 6.42 Å². The van der Waals surface area contributed by atoms with E-state index in [0.717, 1.165) is 29.2 Å². The predicted molar refractivity (Wildman–Crippen MR) is 106 cm³/mol. The maximum Gasteiger partial charge on any atom is 0.255 e. The minimum atomic E-state index is -0.490. The molecule has 2 N–H and O–H groups in total. The van der Waals surface area contributed by atoms with Crippen molar-refractivity contribution in [1.29, 1.82) is 0 Å². The first-order valence-corrected chi connectivity index (χ1v) is 9.37. The third-order valence-electron chi connectivity index (χ3n) is 3.86. The number of benzene rings is 2. The molecule has 0 saturated heterocycles. The van der Waals surface area contributed by atoms with Crippen LogP contribution in [0.25, 0.3) is 0 Å². The summed E-state index contributed by atoms with van der Waals surface area (Å²) in [5.41, 5.74) is 1.05. The van der Waals surface area contributed by atoms with Crippen LogP contribution in [0, 0.1) is 0 Å². The number of hydrogen-bond donors (Lipinski definition) is 2. The lowest BCUT2D eigenvalue weighted by atomic mass is 10.2. The Morgan fingerprint density at radius 1 is 1.11 bits per heavy atom. The summed E-state index contributed by atoms with van der Waals surface area (Å²) in [6.45, 7) is 1.89. The van der Waals surface area contributed by atoms with Crippen molar-refractivity contribution in [3.05, 3.63) is 77.1 Å². The van der Waals surface area contributed by atoms with Gasteiger partial charge in [0, 0.05) is 11.4 Å². The minimum Gasteiger partial charge on any atom is -0.493 e. The molecule has 138 valence electrons. The SMILES string of the molecule is CCC(Sc1nc(O)cc(=O)[nH]1)C(=O)N(c1ccccc1)c1ccccc1. The number of anilines is 2. The topological polar surface area (TPSA) is 86.3 Å². The summed E-state index contributed by atoms with van der Waals surface area (Å²) in [5, 5.41) is 9.26. The zero-order valence-electron chi connectivity index (χ0n) is 14.7. The first kappa shape index (κ1) is 18.7. The molecule has 6 nitrogen and oxygen atoms in total. The molecule has 2 aromatic carbocycles. The molecule has 0 fully saturated rings. The number of amides is 1. The number of nitrogens with one attached hydrogen (secondary N) is 1. The normalized spacial score (nSPS) is 11.7. The van der Waals surface area contributed by atoms with Crippen LogP contribution in [0.2, 0.25) is 0 Å². The Hall–Kier alpha value is -3.06. The summed E-state index contributed by atoms with van der Waals surface area (Å²) < 4.78 is 0. The monoisotopic (exact) mass is 381 g/mol. The molecule has 0 spiro atoms. The molecule has 0 radical (unpaired) electrons. The number of thioether (sulfide) groups is 1. The molecule has 3 rings (SSSR count). The molecule has 0 aliphatic heterocycles. The Morgan fingerprint density at radius 2 is 1.67 bits per heavy atom. The van der Waals surface area contributed by atoms with E-state index >= 15 is 0 Å². The first-order valence-electron chi connectivity index (χ1n) is 8.49. The summed E-state index contributed by atoms with van der Waals surface area (Å²) in [6, 6.07) is 19.8. The van der Waals surface area contributed by atoms with E-state index in [-0.39, 0.29) is 16.9 Å². The lowest BCUT2D eigenvalue weighted by Gasteiger charge is -2.26. The molecule has 0 saturated carbocycles. The van der Waals surface area contributed by atoms with Crippen LogP contribution < -0.4 is 10.5 Å². The largest absolute Gasteiger partial charge is 0.493 e. The summed E-state index contributed by atoms with van der Waals surface area (Å²) in [7, 11) is 0. The van der Waals surface area contributed by atoms with Crippen molar-refractivity contribution in [2.45, 2.75) is 23.8 Å². The Morgan fingerprint density at radius 3 is 2.15 bits per heavy atom. The zero-order chi connectivity index (χ0) is 19.2. The highest BCUT2D eigenvalue weighted by Crippen LogP contribution is 2.31. The van der Waals surface area contributed by atoms with Gasteiger partial charge in [-0.3, -0.25) is 14.5 Å². The lowest BCUT2D eigenvalue weighted by molar-refractivity contribution is -0.117. The van der Waals surface area contributed by atoms with Crippen molar-refractivity contribution in [3.63, 3.8) is 0 Å². The summed E-state index contributed by atoms with van der Waals surface area (Å²) >= 11 is 1.12. The van der Waals surface area contributed by atoms with Gasteiger partial charge in [-0.25, -0.2) is 0 Å². The fourth-order valence-electron chi connectivity index (χ4n) is 2.62. The van der Waals surface area contributed by atoms with Gasteiger partial charge in [-0.15, -0.1) is 0 Å². The lowest BCUT2D eigenvalue weighted by Crippen LogP contribution is -2.34. The van der Waals surface area contributed by atoms with Crippen LogP contribution in [0.5, 0.6) is 5.88 Å². The Labute approximate surface area is 160 Å². The summed E-state index contributed by atoms with van der Waals surface area (Å²) in [5.74, 6) is -0.502. The maximum atomic E-state index is 13.4. The smallest absolute Gasteiger partial charge is 0.255 e. The van der Waals surface area contributed by atoms with Crippen LogP contribution in [0.1, 0.15) is 13.3 Å². The molecule has 1 atom stereocenters. The van der Waals surface area contributed by atoms with Gasteiger partial charge in [0.05, 0.1) is 11.3 Å². The highest BCUT2D eigenvalue weighted by Gasteiger charge is 2.27. The minimum absolute atomic E-state index is 0.133. The number of aromatic nitrogens is 2. The molecule has 7 heteroatoms. The molecule has 1 unspecified atom stereocenters. The van der Waals surface area contributed by atoms with Gasteiger partial charge >= 0.3 is 0 Å². The summed E-state index contributed by atoms with van der Waals surface area (Å²) in [6.07, 6.45) is 0.527. The van der Waals surface area contributed by atoms with Crippen LogP contribution in [0.3, 0.4) is 0 Å². The molecule has 1 amide bonds. The highest BCUT2D eigenvalue weighted by atomic mass is 32.2. The van der Waals surface area contributed by atoms with Gasteiger partial charge in [-0.1, -0.05) is 55.1 Å². The van der Waals surface area contributed by atoms with Crippen LogP contribution in [0.4, 0.5) is 11.4 Å². The standard InChI is InChI=1S/C20H19N3O3S/c1-2-16(27-20-21-17(24)13-18(25)22-20)19(26)23(14-9-5-3-6-10-14)15-11-7-4-8-12-15/h3-13,16H,2H2,1H3,(H2,21,22,24,25). The third-order valence-corrected chi connectivity index (χ3v) is 5.09.